The predicted octanol–water partition coefficient (Wildman–Crippen LogP) is -0.0485. The molecule has 1 rings (SSSR count). The molecule has 84 valence electrons. The molecule has 1 heterocycles. The Kier molecular flexibility index (Phi) is 4.31. The number of rotatable bonds is 5. The first-order valence-corrected chi connectivity index (χ1v) is 6.25. The zero-order valence-corrected chi connectivity index (χ0v) is 9.51. The Labute approximate surface area is 85.6 Å². The standard InChI is InChI=1S/C8H18N2O3S/c1-10(2)14(11,12)9-6-5-8-4-3-7-13-8/h8-9H,3-7H2,1-2H3. The highest BCUT2D eigenvalue weighted by molar-refractivity contribution is 7.87. The summed E-state index contributed by atoms with van der Waals surface area (Å²) in [4.78, 5) is 0. The summed E-state index contributed by atoms with van der Waals surface area (Å²) in [5, 5.41) is 0. The Hall–Kier alpha value is -0.170. The maximum atomic E-state index is 11.3. The van der Waals surface area contributed by atoms with E-state index in [1.807, 2.05) is 0 Å². The maximum absolute atomic E-state index is 11.3. The van der Waals surface area contributed by atoms with Crippen LogP contribution in [0, 0.1) is 0 Å². The van der Waals surface area contributed by atoms with Crippen molar-refractivity contribution in [1.29, 1.82) is 0 Å². The molecule has 6 heteroatoms. The summed E-state index contributed by atoms with van der Waals surface area (Å²) < 4.78 is 31.6. The van der Waals surface area contributed by atoms with Gasteiger partial charge in [-0.3, -0.25) is 0 Å². The van der Waals surface area contributed by atoms with Crippen LogP contribution in [0.2, 0.25) is 0 Å². The van der Waals surface area contributed by atoms with Crippen LogP contribution < -0.4 is 4.72 Å². The van der Waals surface area contributed by atoms with E-state index in [1.54, 1.807) is 0 Å². The van der Waals surface area contributed by atoms with E-state index >= 15 is 0 Å². The highest BCUT2D eigenvalue weighted by Crippen LogP contribution is 2.14. The molecule has 0 spiro atoms. The van der Waals surface area contributed by atoms with Gasteiger partial charge in [0, 0.05) is 27.2 Å². The molecule has 0 aromatic heterocycles. The van der Waals surface area contributed by atoms with E-state index in [-0.39, 0.29) is 6.10 Å². The first kappa shape index (κ1) is 11.9. The molecule has 0 aromatic carbocycles. The van der Waals surface area contributed by atoms with Crippen molar-refractivity contribution in [1.82, 2.24) is 9.03 Å². The average Bonchev–Trinajstić information content (AvgIpc) is 2.56. The van der Waals surface area contributed by atoms with Crippen LogP contribution in [-0.2, 0) is 14.9 Å². The zero-order chi connectivity index (χ0) is 10.6. The van der Waals surface area contributed by atoms with Gasteiger partial charge in [0.25, 0.3) is 10.2 Å². The summed E-state index contributed by atoms with van der Waals surface area (Å²) in [5.74, 6) is 0. The second-order valence-electron chi connectivity index (χ2n) is 3.61. The molecule has 0 radical (unpaired) electrons. The number of ether oxygens (including phenoxy) is 1. The van der Waals surface area contributed by atoms with Crippen LogP contribution >= 0.6 is 0 Å². The maximum Gasteiger partial charge on any atom is 0.278 e. The third-order valence-electron chi connectivity index (χ3n) is 2.26. The Morgan fingerprint density at radius 1 is 1.50 bits per heavy atom. The van der Waals surface area contributed by atoms with Crippen molar-refractivity contribution in [2.75, 3.05) is 27.2 Å². The number of nitrogens with one attached hydrogen (secondary N) is 1. The van der Waals surface area contributed by atoms with Gasteiger partial charge >= 0.3 is 0 Å². The van der Waals surface area contributed by atoms with E-state index in [4.69, 9.17) is 4.74 Å². The van der Waals surface area contributed by atoms with Crippen LogP contribution in [0.25, 0.3) is 0 Å². The summed E-state index contributed by atoms with van der Waals surface area (Å²) in [6.45, 7) is 1.26. The van der Waals surface area contributed by atoms with Gasteiger partial charge in [0.05, 0.1) is 6.10 Å². The molecule has 1 N–H and O–H groups in total. The first-order valence-electron chi connectivity index (χ1n) is 4.81. The molecule has 5 nitrogen and oxygen atoms in total. The quantitative estimate of drug-likeness (QED) is 0.709. The molecule has 1 unspecified atom stereocenters. The summed E-state index contributed by atoms with van der Waals surface area (Å²) in [7, 11) is -0.245. The van der Waals surface area contributed by atoms with E-state index < -0.39 is 10.2 Å². The van der Waals surface area contributed by atoms with Gasteiger partial charge in [-0.05, 0) is 19.3 Å². The lowest BCUT2D eigenvalue weighted by atomic mass is 10.2. The molecular formula is C8H18N2O3S. The number of hydrogen-bond donors (Lipinski definition) is 1. The Balaban J connectivity index is 2.20. The molecule has 1 aliphatic rings. The van der Waals surface area contributed by atoms with Gasteiger partial charge in [0.2, 0.25) is 0 Å². The van der Waals surface area contributed by atoms with Gasteiger partial charge in [-0.1, -0.05) is 0 Å². The van der Waals surface area contributed by atoms with Gasteiger partial charge < -0.3 is 4.74 Å². The van der Waals surface area contributed by atoms with Crippen molar-refractivity contribution in [2.24, 2.45) is 0 Å². The highest BCUT2D eigenvalue weighted by atomic mass is 32.2. The van der Waals surface area contributed by atoms with Crippen LogP contribution in [-0.4, -0.2) is 46.1 Å². The normalized spacial score (nSPS) is 23.2. The molecule has 1 aliphatic heterocycles. The monoisotopic (exact) mass is 222 g/mol. The van der Waals surface area contributed by atoms with Crippen LogP contribution in [0.4, 0.5) is 0 Å². The lowest BCUT2D eigenvalue weighted by molar-refractivity contribution is 0.105. The Morgan fingerprint density at radius 2 is 2.21 bits per heavy atom. The fourth-order valence-electron chi connectivity index (χ4n) is 1.35. The highest BCUT2D eigenvalue weighted by Gasteiger charge is 2.17. The average molecular weight is 222 g/mol. The lowest BCUT2D eigenvalue weighted by Crippen LogP contribution is -2.37. The van der Waals surface area contributed by atoms with E-state index in [2.05, 4.69) is 4.72 Å². The summed E-state index contributed by atoms with van der Waals surface area (Å²) >= 11 is 0. The Morgan fingerprint density at radius 3 is 2.71 bits per heavy atom. The molecule has 0 saturated carbocycles. The van der Waals surface area contributed by atoms with Crippen molar-refractivity contribution in [3.63, 3.8) is 0 Å². The molecule has 14 heavy (non-hydrogen) atoms. The number of nitrogens with zero attached hydrogens (tertiary/aromatic N) is 1. The van der Waals surface area contributed by atoms with E-state index in [1.165, 1.54) is 18.4 Å². The topological polar surface area (TPSA) is 58.6 Å². The van der Waals surface area contributed by atoms with Gasteiger partial charge in [-0.2, -0.15) is 12.7 Å². The van der Waals surface area contributed by atoms with Crippen molar-refractivity contribution in [3.8, 4) is 0 Å². The molecule has 1 saturated heterocycles. The SMILES string of the molecule is CN(C)S(=O)(=O)NCCC1CCCO1. The molecular weight excluding hydrogens is 204 g/mol. The molecule has 0 amide bonds. The smallest absolute Gasteiger partial charge is 0.278 e. The molecule has 1 fully saturated rings. The molecule has 0 aliphatic carbocycles. The summed E-state index contributed by atoms with van der Waals surface area (Å²) in [5.41, 5.74) is 0. The third kappa shape index (κ3) is 3.53. The largest absolute Gasteiger partial charge is 0.378 e. The summed E-state index contributed by atoms with van der Waals surface area (Å²) in [6, 6.07) is 0. The number of hydrogen-bond acceptors (Lipinski definition) is 3. The van der Waals surface area contributed by atoms with Crippen molar-refractivity contribution < 1.29 is 13.2 Å². The minimum absolute atomic E-state index is 0.236. The second-order valence-corrected chi connectivity index (χ2v) is 5.57. The van der Waals surface area contributed by atoms with Gasteiger partial charge in [-0.25, -0.2) is 4.72 Å². The van der Waals surface area contributed by atoms with Crippen molar-refractivity contribution in [3.05, 3.63) is 0 Å². The van der Waals surface area contributed by atoms with Crippen LogP contribution in [0.5, 0.6) is 0 Å². The Bertz CT molecular complexity index is 258. The van der Waals surface area contributed by atoms with E-state index in [9.17, 15) is 8.42 Å². The van der Waals surface area contributed by atoms with Crippen molar-refractivity contribution in [2.45, 2.75) is 25.4 Å². The van der Waals surface area contributed by atoms with Gasteiger partial charge in [-0.15, -0.1) is 0 Å². The summed E-state index contributed by atoms with van der Waals surface area (Å²) in [6.07, 6.45) is 3.13. The molecule has 0 aromatic rings. The fourth-order valence-corrected chi connectivity index (χ4v) is 1.98. The van der Waals surface area contributed by atoms with E-state index in [0.717, 1.165) is 25.9 Å². The minimum atomic E-state index is -3.26. The lowest BCUT2D eigenvalue weighted by Gasteiger charge is -2.14. The first-order chi connectivity index (χ1) is 6.52. The third-order valence-corrected chi connectivity index (χ3v) is 3.79. The zero-order valence-electron chi connectivity index (χ0n) is 8.69. The molecule has 1 atom stereocenters. The van der Waals surface area contributed by atoms with Gasteiger partial charge in [0.1, 0.15) is 0 Å². The second kappa shape index (κ2) is 5.06. The van der Waals surface area contributed by atoms with Gasteiger partial charge in [0.15, 0.2) is 0 Å². The van der Waals surface area contributed by atoms with E-state index in [0.29, 0.717) is 6.54 Å². The molecule has 0 bridgehead atoms. The van der Waals surface area contributed by atoms with Crippen LogP contribution in [0.3, 0.4) is 0 Å². The van der Waals surface area contributed by atoms with Crippen LogP contribution in [0.1, 0.15) is 19.3 Å². The minimum Gasteiger partial charge on any atom is -0.378 e. The predicted molar refractivity (Wildman–Crippen MR) is 54.2 cm³/mol. The van der Waals surface area contributed by atoms with Crippen LogP contribution in [0.15, 0.2) is 0 Å². The van der Waals surface area contributed by atoms with Crippen molar-refractivity contribution >= 4 is 10.2 Å². The fraction of sp³-hybridized carbons (Fsp3) is 1.00.